The molecule has 2 N–H and O–H groups in total. The van der Waals surface area contributed by atoms with Crippen molar-refractivity contribution in [2.24, 2.45) is 10.7 Å². The number of esters is 1. The van der Waals surface area contributed by atoms with Crippen molar-refractivity contribution in [2.45, 2.75) is 13.0 Å². The van der Waals surface area contributed by atoms with E-state index in [1.54, 1.807) is 31.2 Å². The molecule has 0 bridgehead atoms. The monoisotopic (exact) mass is 538 g/mol. The predicted molar refractivity (Wildman–Crippen MR) is 142 cm³/mol. The first-order chi connectivity index (χ1) is 18.7. The van der Waals surface area contributed by atoms with Crippen LogP contribution in [0.3, 0.4) is 0 Å². The summed E-state index contributed by atoms with van der Waals surface area (Å²) >= 11 is 0. The zero-order valence-electron chi connectivity index (χ0n) is 21.5. The van der Waals surface area contributed by atoms with Gasteiger partial charge < -0.3 is 15.2 Å². The Morgan fingerprint density at radius 1 is 1.10 bits per heavy atom. The number of hydrogen-bond acceptors (Lipinski definition) is 9. The summed E-state index contributed by atoms with van der Waals surface area (Å²) in [6, 6.07) is 11.9. The van der Waals surface area contributed by atoms with Gasteiger partial charge in [0.2, 0.25) is 0 Å². The second kappa shape index (κ2) is 12.5. The van der Waals surface area contributed by atoms with Crippen molar-refractivity contribution < 1.29 is 28.8 Å². The third kappa shape index (κ3) is 7.15. The summed E-state index contributed by atoms with van der Waals surface area (Å²) < 4.78 is 10.6. The number of nitro groups is 1. The number of piperazine rings is 1. The molecule has 2 aliphatic heterocycles. The first kappa shape index (κ1) is 27.7. The Labute approximate surface area is 224 Å². The normalized spacial score (nSPS) is 18.6. The fourth-order valence-corrected chi connectivity index (χ4v) is 4.44. The minimum absolute atomic E-state index is 0.0510. The van der Waals surface area contributed by atoms with E-state index in [0.717, 1.165) is 32.2 Å². The summed E-state index contributed by atoms with van der Waals surface area (Å²) in [5.41, 5.74) is 6.90. The third-order valence-corrected chi connectivity index (χ3v) is 6.46. The fraction of sp³-hybridized carbons (Fsp3) is 0.385. The number of nitrogens with two attached hydrogens (primary N) is 1. The number of nitrogens with zero attached hydrogens (tertiary/aromatic N) is 5. The lowest BCUT2D eigenvalue weighted by Crippen LogP contribution is -2.50. The fourth-order valence-electron chi connectivity index (χ4n) is 4.44. The van der Waals surface area contributed by atoms with E-state index in [1.165, 1.54) is 23.1 Å². The lowest BCUT2D eigenvalue weighted by atomic mass is 10.1. The van der Waals surface area contributed by atoms with E-state index in [0.29, 0.717) is 30.9 Å². The molecule has 4 rings (SSSR count). The number of ether oxygens (including phenoxy) is 2. The average Bonchev–Trinajstić information content (AvgIpc) is 3.29. The molecule has 2 aromatic carbocycles. The molecule has 2 heterocycles. The van der Waals surface area contributed by atoms with Gasteiger partial charge in [-0.15, -0.1) is 0 Å². The molecule has 39 heavy (non-hydrogen) atoms. The zero-order valence-corrected chi connectivity index (χ0v) is 21.5. The van der Waals surface area contributed by atoms with Gasteiger partial charge >= 0.3 is 12.1 Å². The highest BCUT2D eigenvalue weighted by Crippen LogP contribution is 2.23. The molecule has 1 atom stereocenters. The third-order valence-electron chi connectivity index (χ3n) is 6.46. The van der Waals surface area contributed by atoms with Crippen LogP contribution >= 0.6 is 0 Å². The predicted octanol–water partition coefficient (Wildman–Crippen LogP) is 1.65. The van der Waals surface area contributed by atoms with E-state index in [1.807, 2.05) is 0 Å². The van der Waals surface area contributed by atoms with Gasteiger partial charge in [-0.2, -0.15) is 4.99 Å². The van der Waals surface area contributed by atoms with Crippen LogP contribution in [0.4, 0.5) is 16.2 Å². The molecule has 13 heteroatoms. The summed E-state index contributed by atoms with van der Waals surface area (Å²) in [4.78, 5) is 56.7. The number of amidine groups is 1. The maximum absolute atomic E-state index is 12.5. The molecule has 2 saturated heterocycles. The van der Waals surface area contributed by atoms with Gasteiger partial charge in [0.15, 0.2) is 0 Å². The van der Waals surface area contributed by atoms with Gasteiger partial charge in [0, 0.05) is 61.7 Å². The standard InChI is InChI=1S/C26H30N6O7/c1-2-38-23(33)17-30-12-10-29(11-13-30)15-22-16-31(26(35)39-22)20-8-6-18(7-9-20)24(27)28-25(34)19-4-3-5-21(14-19)32(36)37/h3-9,14,22H,2,10-13,15-17H2,1H3,(H2,27,28,34). The average molecular weight is 539 g/mol. The maximum Gasteiger partial charge on any atom is 0.414 e. The molecule has 1 unspecified atom stereocenters. The SMILES string of the molecule is CCOC(=O)CN1CCN(CC2CN(c3ccc(C(N)=NC(=O)c4cccc([N+](=O)[O-])c4)cc3)C(=O)O2)CC1. The maximum atomic E-state index is 12.5. The minimum atomic E-state index is -0.701. The number of amides is 2. The van der Waals surface area contributed by atoms with Crippen molar-refractivity contribution in [3.63, 3.8) is 0 Å². The smallest absolute Gasteiger partial charge is 0.414 e. The van der Waals surface area contributed by atoms with Gasteiger partial charge in [0.05, 0.1) is 24.6 Å². The molecule has 206 valence electrons. The van der Waals surface area contributed by atoms with E-state index in [2.05, 4.69) is 14.8 Å². The molecule has 2 aromatic rings. The molecule has 2 fully saturated rings. The van der Waals surface area contributed by atoms with Crippen molar-refractivity contribution >= 4 is 35.2 Å². The van der Waals surface area contributed by atoms with Crippen LogP contribution < -0.4 is 10.6 Å². The number of hydrogen-bond donors (Lipinski definition) is 1. The number of nitro benzene ring substituents is 1. The summed E-state index contributed by atoms with van der Waals surface area (Å²) in [5, 5.41) is 10.9. The van der Waals surface area contributed by atoms with Gasteiger partial charge in [-0.1, -0.05) is 6.07 Å². The van der Waals surface area contributed by atoms with E-state index in [9.17, 15) is 24.5 Å². The molecule has 0 aliphatic carbocycles. The van der Waals surface area contributed by atoms with Gasteiger partial charge in [-0.25, -0.2) is 4.79 Å². The van der Waals surface area contributed by atoms with Crippen LogP contribution in [-0.4, -0.2) is 97.1 Å². The quantitative estimate of drug-likeness (QED) is 0.163. The topological polar surface area (TPSA) is 161 Å². The number of carbonyl (C=O) groups is 3. The number of aliphatic imine (C=N–C) groups is 1. The lowest BCUT2D eigenvalue weighted by Gasteiger charge is -2.34. The number of cyclic esters (lactones) is 1. The molecular formula is C26H30N6O7. The molecule has 0 saturated carbocycles. The van der Waals surface area contributed by atoms with Gasteiger partial charge in [-0.05, 0) is 37.3 Å². The van der Waals surface area contributed by atoms with E-state index < -0.39 is 16.9 Å². The summed E-state index contributed by atoms with van der Waals surface area (Å²) in [7, 11) is 0. The number of benzene rings is 2. The van der Waals surface area contributed by atoms with Gasteiger partial charge in [-0.3, -0.25) is 34.4 Å². The van der Waals surface area contributed by atoms with Crippen molar-refractivity contribution in [2.75, 3.05) is 57.3 Å². The van der Waals surface area contributed by atoms with Crippen LogP contribution in [0.25, 0.3) is 0 Å². The molecule has 0 radical (unpaired) electrons. The van der Waals surface area contributed by atoms with Crippen LogP contribution in [0.5, 0.6) is 0 Å². The van der Waals surface area contributed by atoms with Gasteiger partial charge in [0.25, 0.3) is 11.6 Å². The summed E-state index contributed by atoms with van der Waals surface area (Å²) in [5.74, 6) is -0.977. The number of rotatable bonds is 9. The zero-order chi connectivity index (χ0) is 27.9. The van der Waals surface area contributed by atoms with Crippen LogP contribution in [0, 0.1) is 10.1 Å². The van der Waals surface area contributed by atoms with Crippen molar-refractivity contribution in [3.8, 4) is 0 Å². The van der Waals surface area contributed by atoms with E-state index in [4.69, 9.17) is 15.2 Å². The van der Waals surface area contributed by atoms with Crippen LogP contribution in [0.1, 0.15) is 22.8 Å². The Bertz CT molecular complexity index is 1260. The number of anilines is 1. The minimum Gasteiger partial charge on any atom is -0.465 e. The van der Waals surface area contributed by atoms with Crippen LogP contribution in [-0.2, 0) is 14.3 Å². The molecule has 2 aliphatic rings. The first-order valence-electron chi connectivity index (χ1n) is 12.6. The van der Waals surface area contributed by atoms with Crippen molar-refractivity contribution in [1.29, 1.82) is 0 Å². The number of carbonyl (C=O) groups excluding carboxylic acids is 3. The molecule has 0 spiro atoms. The highest BCUT2D eigenvalue weighted by atomic mass is 16.6. The van der Waals surface area contributed by atoms with Crippen molar-refractivity contribution in [1.82, 2.24) is 9.80 Å². The number of non-ortho nitro benzene ring substituents is 1. The Kier molecular flexibility index (Phi) is 8.84. The molecule has 0 aromatic heterocycles. The first-order valence-corrected chi connectivity index (χ1v) is 12.6. The van der Waals surface area contributed by atoms with Gasteiger partial charge in [0.1, 0.15) is 11.9 Å². The Balaban J connectivity index is 1.31. The Morgan fingerprint density at radius 2 is 1.79 bits per heavy atom. The Hall–Kier alpha value is -4.36. The molecule has 13 nitrogen and oxygen atoms in total. The molecular weight excluding hydrogens is 508 g/mol. The van der Waals surface area contributed by atoms with E-state index >= 15 is 0 Å². The summed E-state index contributed by atoms with van der Waals surface area (Å²) in [6.45, 7) is 6.40. The van der Waals surface area contributed by atoms with Crippen LogP contribution in [0.2, 0.25) is 0 Å². The lowest BCUT2D eigenvalue weighted by molar-refractivity contribution is -0.384. The highest BCUT2D eigenvalue weighted by molar-refractivity contribution is 6.09. The largest absolute Gasteiger partial charge is 0.465 e. The Morgan fingerprint density at radius 3 is 2.46 bits per heavy atom. The molecule has 2 amide bonds. The van der Waals surface area contributed by atoms with Crippen molar-refractivity contribution in [3.05, 3.63) is 69.8 Å². The highest BCUT2D eigenvalue weighted by Gasteiger charge is 2.34. The second-order valence-electron chi connectivity index (χ2n) is 9.15. The van der Waals surface area contributed by atoms with Crippen LogP contribution in [0.15, 0.2) is 53.5 Å². The second-order valence-corrected chi connectivity index (χ2v) is 9.15. The summed E-state index contributed by atoms with van der Waals surface area (Å²) in [6.07, 6.45) is -0.746. The van der Waals surface area contributed by atoms with E-state index in [-0.39, 0.29) is 35.7 Å².